The largest absolute Gasteiger partial charge is 1.00 e. The predicted octanol–water partition coefficient (Wildman–Crippen LogP) is 0.329. The minimum absolute atomic E-state index is 0. The number of esters is 2. The summed E-state index contributed by atoms with van der Waals surface area (Å²) < 4.78 is 9.72. The van der Waals surface area contributed by atoms with E-state index in [1.165, 1.54) is 7.11 Å². The van der Waals surface area contributed by atoms with Crippen molar-refractivity contribution in [1.29, 1.82) is 0 Å². The van der Waals surface area contributed by atoms with E-state index in [1.54, 1.807) is 31.2 Å². The Hall–Kier alpha value is -1.86. The van der Waals surface area contributed by atoms with Crippen LogP contribution in [0.25, 0.3) is 0 Å². The normalized spacial score (nSPS) is 10.4. The van der Waals surface area contributed by atoms with Crippen molar-refractivity contribution in [2.45, 2.75) is 39.2 Å². The molecule has 0 aromatic heterocycles. The second-order valence-electron chi connectivity index (χ2n) is 7.08. The Morgan fingerprint density at radius 3 is 2.35 bits per heavy atom. The smallest absolute Gasteiger partial charge is 0.872 e. The minimum atomic E-state index is -0.357. The summed E-state index contributed by atoms with van der Waals surface area (Å²) in [6.45, 7) is 4.44. The number of hydrogen-bond acceptors (Lipinski definition) is 6. The van der Waals surface area contributed by atoms with E-state index in [4.69, 9.17) is 9.47 Å². The first-order valence-electron chi connectivity index (χ1n) is 10.3. The Morgan fingerprint density at radius 2 is 1.71 bits per heavy atom. The fourth-order valence-corrected chi connectivity index (χ4v) is 3.22. The molecule has 0 fully saturated rings. The van der Waals surface area contributed by atoms with E-state index < -0.39 is 0 Å². The van der Waals surface area contributed by atoms with Crippen molar-refractivity contribution in [3.8, 4) is 5.75 Å². The number of para-hydroxylation sites is 1. The average molecular weight is 435 g/mol. The molecule has 0 radical (unpaired) electrons. The second-order valence-corrected chi connectivity index (χ2v) is 7.08. The maximum Gasteiger partial charge on any atom is 1.00 e. The summed E-state index contributed by atoms with van der Waals surface area (Å²) in [6.07, 6.45) is 2.70. The number of benzene rings is 2. The molecular weight excluding hydrogens is 405 g/mol. The molecule has 0 unspecified atom stereocenters. The molecule has 0 aliphatic carbocycles. The maximum atomic E-state index is 12.0. The van der Waals surface area contributed by atoms with Crippen molar-refractivity contribution in [1.82, 2.24) is 4.90 Å². The molecule has 0 atom stereocenters. The topological polar surface area (TPSA) is 78.9 Å². The first kappa shape index (κ1) is 27.2. The van der Waals surface area contributed by atoms with Gasteiger partial charge in [-0.05, 0) is 50.4 Å². The summed E-state index contributed by atoms with van der Waals surface area (Å²) in [5.41, 5.74) is 2.39. The Kier molecular flexibility index (Phi) is 13.2. The molecule has 0 saturated carbocycles. The van der Waals surface area contributed by atoms with Crippen molar-refractivity contribution < 1.29 is 53.7 Å². The fraction of sp³-hybridized carbons (Fsp3) is 0.417. The molecule has 162 valence electrons. The van der Waals surface area contributed by atoms with Crippen LogP contribution in [0.1, 0.15) is 47.7 Å². The van der Waals surface area contributed by atoms with Crippen LogP contribution in [0.2, 0.25) is 0 Å². The van der Waals surface area contributed by atoms with Gasteiger partial charge in [-0.1, -0.05) is 42.0 Å². The standard InChI is InChI=1S/C24H31NO5.Na/c1-3-30-23(27)10-6-7-16-25(17-15-20-8-4-5-9-22(20)26)18-19-11-13-21(14-12-19)24(28)29-2;/h4-5,8-9,11-14,26H,3,6-7,10,15-18H2,1-2H3;/q;+1/p-1. The third kappa shape index (κ3) is 9.87. The van der Waals surface area contributed by atoms with Crippen LogP contribution in [-0.4, -0.2) is 43.6 Å². The molecule has 0 spiro atoms. The summed E-state index contributed by atoms with van der Waals surface area (Å²) in [5.74, 6) is -0.464. The first-order chi connectivity index (χ1) is 14.5. The molecule has 0 saturated heterocycles. The average Bonchev–Trinajstić information content (AvgIpc) is 2.76. The monoisotopic (exact) mass is 435 g/mol. The first-order valence-corrected chi connectivity index (χ1v) is 10.3. The fourth-order valence-electron chi connectivity index (χ4n) is 3.22. The summed E-state index contributed by atoms with van der Waals surface area (Å²) in [5, 5.41) is 12.0. The van der Waals surface area contributed by atoms with Gasteiger partial charge in [-0.25, -0.2) is 4.79 Å². The van der Waals surface area contributed by atoms with Crippen LogP contribution in [0.15, 0.2) is 48.5 Å². The molecule has 2 rings (SSSR count). The van der Waals surface area contributed by atoms with Gasteiger partial charge < -0.3 is 14.6 Å². The van der Waals surface area contributed by atoms with Crippen LogP contribution in [0.3, 0.4) is 0 Å². The molecule has 6 nitrogen and oxygen atoms in total. The summed E-state index contributed by atoms with van der Waals surface area (Å²) in [4.78, 5) is 25.4. The van der Waals surface area contributed by atoms with Gasteiger partial charge in [0.2, 0.25) is 0 Å². The van der Waals surface area contributed by atoms with Gasteiger partial charge in [0, 0.05) is 19.5 Å². The molecule has 2 aromatic rings. The van der Waals surface area contributed by atoms with Crippen LogP contribution < -0.4 is 34.7 Å². The Morgan fingerprint density at radius 1 is 1.00 bits per heavy atom. The van der Waals surface area contributed by atoms with Gasteiger partial charge in [0.1, 0.15) is 0 Å². The van der Waals surface area contributed by atoms with Gasteiger partial charge in [-0.2, -0.15) is 0 Å². The molecule has 7 heteroatoms. The number of nitrogens with zero attached hydrogens (tertiary/aromatic N) is 1. The number of methoxy groups -OCH3 is 1. The molecule has 0 aliphatic heterocycles. The Bertz CT molecular complexity index is 810. The van der Waals surface area contributed by atoms with Crippen LogP contribution in [0.5, 0.6) is 5.75 Å². The summed E-state index contributed by atoms with van der Waals surface area (Å²) in [7, 11) is 1.36. The van der Waals surface area contributed by atoms with Gasteiger partial charge >= 0.3 is 41.5 Å². The molecular formula is C24H30NNaO5. The van der Waals surface area contributed by atoms with E-state index in [9.17, 15) is 14.7 Å². The molecule has 0 aliphatic rings. The van der Waals surface area contributed by atoms with Crippen LogP contribution >= 0.6 is 0 Å². The van der Waals surface area contributed by atoms with Crippen LogP contribution in [-0.2, 0) is 27.2 Å². The molecule has 0 N–H and O–H groups in total. The van der Waals surface area contributed by atoms with E-state index >= 15 is 0 Å². The van der Waals surface area contributed by atoms with Gasteiger partial charge in [0.05, 0.1) is 19.3 Å². The second kappa shape index (κ2) is 15.0. The Labute approximate surface area is 206 Å². The Balaban J connectivity index is 0.00000480. The number of rotatable bonds is 12. The van der Waals surface area contributed by atoms with Crippen molar-refractivity contribution in [3.05, 3.63) is 65.2 Å². The third-order valence-corrected chi connectivity index (χ3v) is 4.86. The van der Waals surface area contributed by atoms with Crippen molar-refractivity contribution in [3.63, 3.8) is 0 Å². The van der Waals surface area contributed by atoms with Crippen molar-refractivity contribution >= 4 is 11.9 Å². The van der Waals surface area contributed by atoms with Gasteiger partial charge in [0.15, 0.2) is 0 Å². The molecule has 0 bridgehead atoms. The quantitative estimate of drug-likeness (QED) is 0.272. The number of unbranched alkanes of at least 4 members (excludes halogenated alkanes) is 1. The van der Waals surface area contributed by atoms with Gasteiger partial charge in [-0.3, -0.25) is 9.69 Å². The predicted molar refractivity (Wildman–Crippen MR) is 113 cm³/mol. The SMILES string of the molecule is CCOC(=O)CCCCN(CCc1ccccc1[O-])Cc1ccc(C(=O)OC)cc1.[Na+]. The van der Waals surface area contributed by atoms with Crippen LogP contribution in [0, 0.1) is 0 Å². The van der Waals surface area contributed by atoms with Gasteiger partial charge in [-0.15, -0.1) is 5.75 Å². The summed E-state index contributed by atoms with van der Waals surface area (Å²) >= 11 is 0. The van der Waals surface area contributed by atoms with E-state index in [0.29, 0.717) is 31.6 Å². The minimum Gasteiger partial charge on any atom is -0.872 e. The molecule has 2 aromatic carbocycles. The third-order valence-electron chi connectivity index (χ3n) is 4.86. The zero-order valence-electron chi connectivity index (χ0n) is 18.8. The molecule has 31 heavy (non-hydrogen) atoms. The van der Waals surface area contributed by atoms with E-state index in [1.807, 2.05) is 24.3 Å². The van der Waals surface area contributed by atoms with E-state index in [0.717, 1.165) is 37.1 Å². The van der Waals surface area contributed by atoms with Crippen molar-refractivity contribution in [2.75, 3.05) is 26.8 Å². The van der Waals surface area contributed by atoms with Crippen LogP contribution in [0.4, 0.5) is 0 Å². The molecule has 0 amide bonds. The van der Waals surface area contributed by atoms with Crippen molar-refractivity contribution in [2.24, 2.45) is 0 Å². The number of carbonyl (C=O) groups is 2. The summed E-state index contributed by atoms with van der Waals surface area (Å²) in [6, 6.07) is 14.4. The molecule has 0 heterocycles. The maximum absolute atomic E-state index is 12.0. The van der Waals surface area contributed by atoms with E-state index in [-0.39, 0.29) is 47.2 Å². The number of hydrogen-bond donors (Lipinski definition) is 0. The number of ether oxygens (including phenoxy) is 2. The van der Waals surface area contributed by atoms with Gasteiger partial charge in [0.25, 0.3) is 0 Å². The number of carbonyl (C=O) groups excluding carboxylic acids is 2. The van der Waals surface area contributed by atoms with E-state index in [2.05, 4.69) is 4.90 Å². The zero-order valence-corrected chi connectivity index (χ0v) is 20.8. The zero-order chi connectivity index (χ0) is 21.8.